The number of nitrogens with zero attached hydrogens (tertiary/aromatic N) is 2. The molecule has 0 aliphatic carbocycles. The molecule has 114 valence electrons. The number of aromatic amines is 1. The molecule has 0 spiro atoms. The zero-order valence-electron chi connectivity index (χ0n) is 12.3. The SMILES string of the molecule is Br.CCCCCCCCCCCCN.c1nc[nH]n1. The van der Waals surface area contributed by atoms with Crippen molar-refractivity contribution in [1.82, 2.24) is 15.2 Å². The van der Waals surface area contributed by atoms with Crippen molar-refractivity contribution in [3.8, 4) is 0 Å². The maximum absolute atomic E-state index is 5.42. The normalized spacial score (nSPS) is 9.37. The van der Waals surface area contributed by atoms with Crippen LogP contribution in [-0.2, 0) is 0 Å². The third-order valence-electron chi connectivity index (χ3n) is 2.89. The van der Waals surface area contributed by atoms with Crippen LogP contribution in [0.5, 0.6) is 0 Å². The van der Waals surface area contributed by atoms with Crippen LogP contribution in [-0.4, -0.2) is 21.7 Å². The lowest BCUT2D eigenvalue weighted by atomic mass is 10.1. The number of aromatic nitrogens is 3. The van der Waals surface area contributed by atoms with Gasteiger partial charge in [-0.3, -0.25) is 5.10 Å². The molecule has 1 heterocycles. The van der Waals surface area contributed by atoms with Crippen LogP contribution in [0.1, 0.15) is 71.1 Å². The van der Waals surface area contributed by atoms with Gasteiger partial charge in [-0.05, 0) is 13.0 Å². The van der Waals surface area contributed by atoms with Gasteiger partial charge in [-0.25, -0.2) is 4.98 Å². The van der Waals surface area contributed by atoms with Crippen molar-refractivity contribution in [3.63, 3.8) is 0 Å². The minimum Gasteiger partial charge on any atom is -0.330 e. The van der Waals surface area contributed by atoms with Crippen LogP contribution in [0.4, 0.5) is 0 Å². The van der Waals surface area contributed by atoms with Gasteiger partial charge >= 0.3 is 0 Å². The molecule has 0 radical (unpaired) electrons. The summed E-state index contributed by atoms with van der Waals surface area (Å²) in [6.07, 6.45) is 16.9. The first kappa shape index (κ1) is 20.9. The van der Waals surface area contributed by atoms with Crippen LogP contribution in [0.15, 0.2) is 12.7 Å². The van der Waals surface area contributed by atoms with Gasteiger partial charge in [0.2, 0.25) is 0 Å². The van der Waals surface area contributed by atoms with Crippen LogP contribution < -0.4 is 5.73 Å². The molecule has 1 aromatic rings. The molecule has 0 amide bonds. The van der Waals surface area contributed by atoms with Gasteiger partial charge in [0, 0.05) is 0 Å². The topological polar surface area (TPSA) is 67.6 Å². The zero-order chi connectivity index (χ0) is 13.3. The van der Waals surface area contributed by atoms with Gasteiger partial charge in [-0.15, -0.1) is 17.0 Å². The highest BCUT2D eigenvalue weighted by Crippen LogP contribution is 2.09. The van der Waals surface area contributed by atoms with Crippen LogP contribution in [0.2, 0.25) is 0 Å². The number of hydrogen-bond donors (Lipinski definition) is 2. The summed E-state index contributed by atoms with van der Waals surface area (Å²) in [6.45, 7) is 3.14. The van der Waals surface area contributed by atoms with E-state index in [0.717, 1.165) is 6.54 Å². The maximum Gasteiger partial charge on any atom is 0.137 e. The number of nitrogens with one attached hydrogen (secondary N) is 1. The zero-order valence-corrected chi connectivity index (χ0v) is 14.0. The third-order valence-corrected chi connectivity index (χ3v) is 2.89. The minimum absolute atomic E-state index is 0. The average Bonchev–Trinajstić information content (AvgIpc) is 2.96. The average molecular weight is 335 g/mol. The van der Waals surface area contributed by atoms with E-state index in [9.17, 15) is 0 Å². The Morgan fingerprint density at radius 1 is 0.895 bits per heavy atom. The van der Waals surface area contributed by atoms with Gasteiger partial charge in [-0.1, -0.05) is 64.7 Å². The Morgan fingerprint density at radius 3 is 1.74 bits per heavy atom. The highest BCUT2D eigenvalue weighted by Gasteiger charge is 1.91. The Kier molecular flexibility index (Phi) is 21.9. The van der Waals surface area contributed by atoms with Crippen LogP contribution in [0.3, 0.4) is 0 Å². The highest BCUT2D eigenvalue weighted by atomic mass is 79.9. The van der Waals surface area contributed by atoms with Gasteiger partial charge < -0.3 is 5.73 Å². The molecule has 0 aromatic carbocycles. The van der Waals surface area contributed by atoms with Crippen molar-refractivity contribution >= 4 is 17.0 Å². The molecule has 0 saturated carbocycles. The van der Waals surface area contributed by atoms with E-state index in [4.69, 9.17) is 5.73 Å². The van der Waals surface area contributed by atoms with Crippen molar-refractivity contribution in [3.05, 3.63) is 12.7 Å². The molecule has 3 N–H and O–H groups in total. The molecule has 0 fully saturated rings. The van der Waals surface area contributed by atoms with E-state index in [-0.39, 0.29) is 17.0 Å². The predicted molar refractivity (Wildman–Crippen MR) is 87.6 cm³/mol. The summed E-state index contributed by atoms with van der Waals surface area (Å²) >= 11 is 0. The quantitative estimate of drug-likeness (QED) is 0.628. The number of nitrogens with two attached hydrogens (primary N) is 1. The van der Waals surface area contributed by atoms with Crippen LogP contribution in [0.25, 0.3) is 0 Å². The first-order valence-corrected chi connectivity index (χ1v) is 7.40. The molecule has 0 atom stereocenters. The van der Waals surface area contributed by atoms with Gasteiger partial charge in [0.05, 0.1) is 0 Å². The fraction of sp³-hybridized carbons (Fsp3) is 0.857. The minimum atomic E-state index is 0. The monoisotopic (exact) mass is 334 g/mol. The molecule has 0 saturated heterocycles. The number of rotatable bonds is 10. The highest BCUT2D eigenvalue weighted by molar-refractivity contribution is 8.93. The van der Waals surface area contributed by atoms with Gasteiger partial charge in [0.15, 0.2) is 0 Å². The summed E-state index contributed by atoms with van der Waals surface area (Å²) in [5, 5.41) is 5.99. The molecular weight excluding hydrogens is 304 g/mol. The molecule has 19 heavy (non-hydrogen) atoms. The first-order valence-electron chi connectivity index (χ1n) is 7.40. The number of unbranched alkanes of at least 4 members (excludes halogenated alkanes) is 9. The smallest absolute Gasteiger partial charge is 0.137 e. The number of halogens is 1. The summed E-state index contributed by atoms with van der Waals surface area (Å²) < 4.78 is 0. The van der Waals surface area contributed by atoms with Crippen LogP contribution in [0, 0.1) is 0 Å². The molecule has 0 unspecified atom stereocenters. The Morgan fingerprint density at radius 2 is 1.42 bits per heavy atom. The van der Waals surface area contributed by atoms with Crippen molar-refractivity contribution in [1.29, 1.82) is 0 Å². The van der Waals surface area contributed by atoms with Crippen LogP contribution >= 0.6 is 17.0 Å². The summed E-state index contributed by atoms with van der Waals surface area (Å²) in [7, 11) is 0. The van der Waals surface area contributed by atoms with E-state index < -0.39 is 0 Å². The van der Waals surface area contributed by atoms with Gasteiger partial charge in [0.25, 0.3) is 0 Å². The predicted octanol–water partition coefficient (Wildman–Crippen LogP) is 4.25. The lowest BCUT2D eigenvalue weighted by Gasteiger charge is -2.00. The molecule has 1 aromatic heterocycles. The summed E-state index contributed by atoms with van der Waals surface area (Å²) in [5.74, 6) is 0. The number of H-pyrrole nitrogens is 1. The standard InChI is InChI=1S/C12H27N.C2H3N3.BrH/c1-2-3-4-5-6-7-8-9-10-11-12-13;1-3-2-5-4-1;/h2-13H2,1H3;1-2H,(H,3,4,5);1H. The van der Waals surface area contributed by atoms with Crippen molar-refractivity contribution in [2.75, 3.05) is 6.54 Å². The molecule has 0 aliphatic rings. The van der Waals surface area contributed by atoms with Crippen molar-refractivity contribution < 1.29 is 0 Å². The second-order valence-electron chi connectivity index (χ2n) is 4.62. The second kappa shape index (κ2) is 19.9. The number of hydrogen-bond acceptors (Lipinski definition) is 3. The summed E-state index contributed by atoms with van der Waals surface area (Å²) in [5.41, 5.74) is 5.42. The van der Waals surface area contributed by atoms with E-state index in [0.29, 0.717) is 0 Å². The lowest BCUT2D eigenvalue weighted by molar-refractivity contribution is 0.558. The lowest BCUT2D eigenvalue weighted by Crippen LogP contribution is -1.97. The molecule has 1 rings (SSSR count). The summed E-state index contributed by atoms with van der Waals surface area (Å²) in [4.78, 5) is 3.56. The van der Waals surface area contributed by atoms with Crippen molar-refractivity contribution in [2.45, 2.75) is 71.1 Å². The largest absolute Gasteiger partial charge is 0.330 e. The van der Waals surface area contributed by atoms with Crippen molar-refractivity contribution in [2.24, 2.45) is 5.73 Å². The molecule has 4 nitrogen and oxygen atoms in total. The fourth-order valence-electron chi connectivity index (χ4n) is 1.80. The molecule has 0 aliphatic heterocycles. The van der Waals surface area contributed by atoms with Gasteiger partial charge in [-0.2, -0.15) is 5.10 Å². The van der Waals surface area contributed by atoms with E-state index in [1.54, 1.807) is 0 Å². The van der Waals surface area contributed by atoms with E-state index >= 15 is 0 Å². The Labute approximate surface area is 128 Å². The van der Waals surface area contributed by atoms with E-state index in [1.807, 2.05) is 0 Å². The fourth-order valence-corrected chi connectivity index (χ4v) is 1.80. The maximum atomic E-state index is 5.42. The van der Waals surface area contributed by atoms with E-state index in [1.165, 1.54) is 76.9 Å². The Hall–Kier alpha value is -0.420. The molecule has 0 bridgehead atoms. The third kappa shape index (κ3) is 20.1. The molecular formula is C14H31BrN4. The summed E-state index contributed by atoms with van der Waals surface area (Å²) in [6, 6.07) is 0. The van der Waals surface area contributed by atoms with Gasteiger partial charge in [0.1, 0.15) is 12.7 Å². The Bertz CT molecular complexity index is 190. The Balaban J connectivity index is 0. The molecule has 5 heteroatoms. The first-order chi connectivity index (χ1) is 8.91. The van der Waals surface area contributed by atoms with E-state index in [2.05, 4.69) is 22.1 Å². The second-order valence-corrected chi connectivity index (χ2v) is 4.62.